The van der Waals surface area contributed by atoms with E-state index in [-0.39, 0.29) is 11.8 Å². The molecular formula is C22H20ClN3O3S. The molecule has 154 valence electrons. The van der Waals surface area contributed by atoms with E-state index >= 15 is 0 Å². The lowest BCUT2D eigenvalue weighted by molar-refractivity contribution is -0.121. The maximum atomic E-state index is 12.7. The molecule has 4 rings (SSSR count). The number of thiazole rings is 1. The molecule has 0 aliphatic carbocycles. The van der Waals surface area contributed by atoms with Crippen molar-refractivity contribution in [3.8, 4) is 17.0 Å². The van der Waals surface area contributed by atoms with Crippen LogP contribution in [0.1, 0.15) is 29.8 Å². The maximum absolute atomic E-state index is 12.7. The molecule has 0 saturated carbocycles. The van der Waals surface area contributed by atoms with Gasteiger partial charge in [-0.1, -0.05) is 17.7 Å². The van der Waals surface area contributed by atoms with Crippen molar-refractivity contribution >= 4 is 45.6 Å². The number of fused-ring (bicyclic) bond motifs is 1. The first kappa shape index (κ1) is 20.4. The van der Waals surface area contributed by atoms with Crippen LogP contribution in [-0.2, 0) is 10.2 Å². The van der Waals surface area contributed by atoms with E-state index in [2.05, 4.69) is 10.3 Å². The number of halogens is 1. The highest BCUT2D eigenvalue weighted by molar-refractivity contribution is 7.14. The van der Waals surface area contributed by atoms with Gasteiger partial charge >= 0.3 is 0 Å². The van der Waals surface area contributed by atoms with Crippen molar-refractivity contribution in [3.63, 3.8) is 0 Å². The van der Waals surface area contributed by atoms with Gasteiger partial charge in [0.05, 0.1) is 23.8 Å². The number of methoxy groups -OCH3 is 1. The van der Waals surface area contributed by atoms with Crippen LogP contribution in [0, 0.1) is 0 Å². The SMILES string of the molecule is COc1ccc(Cl)cc1C(=O)Nc1nc(-c2ccc3c(c2)C(C)(C)C(=O)N3C)cs1. The number of ether oxygens (including phenoxy) is 1. The fourth-order valence-electron chi connectivity index (χ4n) is 3.62. The van der Waals surface area contributed by atoms with Crippen molar-refractivity contribution in [3.05, 3.63) is 57.9 Å². The number of hydrogen-bond donors (Lipinski definition) is 1. The van der Waals surface area contributed by atoms with Crippen LogP contribution in [0.4, 0.5) is 10.8 Å². The van der Waals surface area contributed by atoms with Crippen LogP contribution in [0.15, 0.2) is 41.8 Å². The van der Waals surface area contributed by atoms with Crippen LogP contribution in [0.3, 0.4) is 0 Å². The molecule has 0 atom stereocenters. The molecule has 1 aliphatic heterocycles. The van der Waals surface area contributed by atoms with E-state index in [0.717, 1.165) is 22.5 Å². The lowest BCUT2D eigenvalue weighted by Gasteiger charge is -2.16. The predicted molar refractivity (Wildman–Crippen MR) is 120 cm³/mol. The highest BCUT2D eigenvalue weighted by atomic mass is 35.5. The summed E-state index contributed by atoms with van der Waals surface area (Å²) in [6.07, 6.45) is 0. The number of rotatable bonds is 4. The fourth-order valence-corrected chi connectivity index (χ4v) is 4.50. The molecule has 1 N–H and O–H groups in total. The minimum atomic E-state index is -0.587. The van der Waals surface area contributed by atoms with Crippen molar-refractivity contribution in [2.24, 2.45) is 0 Å². The van der Waals surface area contributed by atoms with Gasteiger partial charge in [-0.25, -0.2) is 4.98 Å². The van der Waals surface area contributed by atoms with Gasteiger partial charge in [0.2, 0.25) is 5.91 Å². The lowest BCUT2D eigenvalue weighted by Crippen LogP contribution is -2.33. The molecule has 30 heavy (non-hydrogen) atoms. The summed E-state index contributed by atoms with van der Waals surface area (Å²) in [7, 11) is 3.29. The van der Waals surface area contributed by atoms with Gasteiger partial charge in [0.25, 0.3) is 5.91 Å². The van der Waals surface area contributed by atoms with Crippen molar-refractivity contribution in [1.29, 1.82) is 0 Å². The molecule has 0 bridgehead atoms. The third-order valence-corrected chi connectivity index (χ3v) is 6.29. The number of carbonyl (C=O) groups is 2. The van der Waals surface area contributed by atoms with Crippen LogP contribution in [0.2, 0.25) is 5.02 Å². The first-order valence-electron chi connectivity index (χ1n) is 9.26. The number of hydrogen-bond acceptors (Lipinski definition) is 5. The normalized spacial score (nSPS) is 14.6. The molecular weight excluding hydrogens is 422 g/mol. The van der Waals surface area contributed by atoms with E-state index in [1.54, 1.807) is 30.1 Å². The molecule has 0 fully saturated rings. The molecule has 1 aliphatic rings. The first-order valence-corrected chi connectivity index (χ1v) is 10.5. The van der Waals surface area contributed by atoms with Crippen LogP contribution < -0.4 is 15.0 Å². The summed E-state index contributed by atoms with van der Waals surface area (Å²) in [5.74, 6) is 0.150. The third-order valence-electron chi connectivity index (χ3n) is 5.30. The molecule has 2 heterocycles. The molecule has 8 heteroatoms. The molecule has 0 radical (unpaired) electrons. The third kappa shape index (κ3) is 3.34. The van der Waals surface area contributed by atoms with Gasteiger partial charge < -0.3 is 9.64 Å². The summed E-state index contributed by atoms with van der Waals surface area (Å²) >= 11 is 7.34. The summed E-state index contributed by atoms with van der Waals surface area (Å²) in [6, 6.07) is 10.7. The lowest BCUT2D eigenvalue weighted by atomic mass is 9.85. The highest BCUT2D eigenvalue weighted by Crippen LogP contribution is 2.42. The monoisotopic (exact) mass is 441 g/mol. The second-order valence-electron chi connectivity index (χ2n) is 7.56. The molecule has 3 aromatic rings. The Morgan fingerprint density at radius 3 is 2.73 bits per heavy atom. The van der Waals surface area contributed by atoms with E-state index in [9.17, 15) is 9.59 Å². The van der Waals surface area contributed by atoms with Crippen molar-refractivity contribution in [2.45, 2.75) is 19.3 Å². The molecule has 0 unspecified atom stereocenters. The van der Waals surface area contributed by atoms with Crippen molar-refractivity contribution in [1.82, 2.24) is 4.98 Å². The molecule has 0 spiro atoms. The standard InChI is InChI=1S/C22H20ClN3O3S/c1-22(2)15-9-12(5-7-17(15)26(3)20(22)28)16-11-30-21(24-16)25-19(27)14-10-13(23)6-8-18(14)29-4/h5-11H,1-4H3,(H,24,25,27). The number of carbonyl (C=O) groups excluding carboxylic acids is 2. The average Bonchev–Trinajstić information content (AvgIpc) is 3.26. The average molecular weight is 442 g/mol. The first-order chi connectivity index (χ1) is 14.2. The van der Waals surface area contributed by atoms with Crippen LogP contribution in [-0.4, -0.2) is 31.0 Å². The molecule has 6 nitrogen and oxygen atoms in total. The van der Waals surface area contributed by atoms with Crippen molar-refractivity contribution in [2.75, 3.05) is 24.4 Å². The largest absolute Gasteiger partial charge is 0.496 e. The number of amides is 2. The zero-order valence-electron chi connectivity index (χ0n) is 16.9. The zero-order chi connectivity index (χ0) is 21.6. The number of anilines is 2. The summed E-state index contributed by atoms with van der Waals surface area (Å²) in [5, 5.41) is 5.58. The Balaban J connectivity index is 1.60. The smallest absolute Gasteiger partial charge is 0.261 e. The molecule has 2 amide bonds. The van der Waals surface area contributed by atoms with Gasteiger partial charge in [-0.2, -0.15) is 0 Å². The van der Waals surface area contributed by atoms with Gasteiger partial charge in [0.15, 0.2) is 5.13 Å². The van der Waals surface area contributed by atoms with Crippen LogP contribution in [0.5, 0.6) is 5.75 Å². The van der Waals surface area contributed by atoms with Crippen LogP contribution in [0.25, 0.3) is 11.3 Å². The number of benzene rings is 2. The van der Waals surface area contributed by atoms with Crippen LogP contribution >= 0.6 is 22.9 Å². The van der Waals surface area contributed by atoms with Gasteiger partial charge in [-0.05, 0) is 49.7 Å². The zero-order valence-corrected chi connectivity index (χ0v) is 18.5. The Morgan fingerprint density at radius 1 is 1.23 bits per heavy atom. The number of aromatic nitrogens is 1. The number of nitrogens with one attached hydrogen (secondary N) is 1. The molecule has 2 aromatic carbocycles. The van der Waals surface area contributed by atoms with E-state index in [1.165, 1.54) is 18.4 Å². The fraction of sp³-hybridized carbons (Fsp3) is 0.227. The quantitative estimate of drug-likeness (QED) is 0.619. The highest BCUT2D eigenvalue weighted by Gasteiger charge is 2.42. The Labute approximate surface area is 183 Å². The summed E-state index contributed by atoms with van der Waals surface area (Å²) in [6.45, 7) is 3.85. The predicted octanol–water partition coefficient (Wildman–Crippen LogP) is 4.98. The van der Waals surface area contributed by atoms with Gasteiger partial charge in [-0.15, -0.1) is 11.3 Å². The van der Waals surface area contributed by atoms with E-state index in [0.29, 0.717) is 21.5 Å². The Hall–Kier alpha value is -2.90. The number of nitrogens with zero attached hydrogens (tertiary/aromatic N) is 2. The summed E-state index contributed by atoms with van der Waals surface area (Å²) < 4.78 is 5.25. The summed E-state index contributed by atoms with van der Waals surface area (Å²) in [4.78, 5) is 31.4. The minimum absolute atomic E-state index is 0.0661. The van der Waals surface area contributed by atoms with Gasteiger partial charge in [0.1, 0.15) is 5.75 Å². The Kier molecular flexibility index (Phi) is 5.03. The van der Waals surface area contributed by atoms with Gasteiger partial charge in [-0.3, -0.25) is 14.9 Å². The minimum Gasteiger partial charge on any atom is -0.496 e. The molecule has 1 aromatic heterocycles. The second-order valence-corrected chi connectivity index (χ2v) is 8.85. The second kappa shape index (κ2) is 7.41. The van der Waals surface area contributed by atoms with E-state index in [1.807, 2.05) is 37.4 Å². The molecule has 0 saturated heterocycles. The summed E-state index contributed by atoms with van der Waals surface area (Å²) in [5.41, 5.74) is 3.25. The van der Waals surface area contributed by atoms with Gasteiger partial charge in [0, 0.05) is 28.7 Å². The number of likely N-dealkylation sites (N-methyl/N-ethyl adjacent to an activating group) is 1. The van der Waals surface area contributed by atoms with E-state index < -0.39 is 5.41 Å². The van der Waals surface area contributed by atoms with Crippen molar-refractivity contribution < 1.29 is 14.3 Å². The Morgan fingerprint density at radius 2 is 2.00 bits per heavy atom. The Bertz CT molecular complexity index is 1170. The van der Waals surface area contributed by atoms with E-state index in [4.69, 9.17) is 16.3 Å². The topological polar surface area (TPSA) is 71.5 Å². The maximum Gasteiger partial charge on any atom is 0.261 e.